The van der Waals surface area contributed by atoms with Crippen LogP contribution in [0.2, 0.25) is 0 Å². The summed E-state index contributed by atoms with van der Waals surface area (Å²) in [7, 11) is -2.60. The summed E-state index contributed by atoms with van der Waals surface area (Å²) in [4.78, 5) is 36.1. The molecular formula is C19H20N4O6S. The molecule has 0 bridgehead atoms. The van der Waals surface area contributed by atoms with E-state index in [1.807, 2.05) is 6.92 Å². The minimum atomic E-state index is -3.86. The Kier molecular flexibility index (Phi) is 6.04. The van der Waals surface area contributed by atoms with Crippen LogP contribution in [0.25, 0.3) is 11.1 Å². The van der Waals surface area contributed by atoms with Gasteiger partial charge >= 0.3 is 5.76 Å². The zero-order valence-electron chi connectivity index (χ0n) is 16.3. The minimum absolute atomic E-state index is 0.0543. The van der Waals surface area contributed by atoms with Gasteiger partial charge in [-0.05, 0) is 31.2 Å². The number of rotatable bonds is 6. The van der Waals surface area contributed by atoms with Crippen LogP contribution in [0, 0.1) is 6.92 Å². The van der Waals surface area contributed by atoms with Crippen LogP contribution in [0.4, 0.5) is 0 Å². The molecule has 0 aliphatic carbocycles. The van der Waals surface area contributed by atoms with Crippen LogP contribution in [0.3, 0.4) is 0 Å². The molecule has 1 aromatic heterocycles. The monoisotopic (exact) mass is 432 g/mol. The molecule has 0 radical (unpaired) electrons. The fraction of sp³-hybridized carbons (Fsp3) is 0.211. The van der Waals surface area contributed by atoms with Crippen molar-refractivity contribution in [1.29, 1.82) is 0 Å². The number of nitrogens with zero attached hydrogens (tertiary/aromatic N) is 2. The number of aryl methyl sites for hydroxylation is 1. The lowest BCUT2D eigenvalue weighted by atomic mass is 10.2. The highest BCUT2D eigenvalue weighted by atomic mass is 32.2. The molecule has 0 spiro atoms. The molecule has 0 saturated heterocycles. The predicted octanol–water partition coefficient (Wildman–Crippen LogP) is 0.371. The second-order valence-corrected chi connectivity index (χ2v) is 8.64. The van der Waals surface area contributed by atoms with E-state index < -0.39 is 34.1 Å². The van der Waals surface area contributed by atoms with Gasteiger partial charge in [-0.1, -0.05) is 29.8 Å². The number of para-hydroxylation sites is 2. The number of sulfonamides is 1. The normalized spacial score (nSPS) is 11.6. The van der Waals surface area contributed by atoms with Gasteiger partial charge in [0.1, 0.15) is 6.54 Å². The number of aromatic nitrogens is 1. The highest BCUT2D eigenvalue weighted by Gasteiger charge is 2.23. The smallest absolute Gasteiger partial charge is 0.408 e. The maximum absolute atomic E-state index is 12.5. The number of carbonyl (C=O) groups excluding carboxylic acids is 2. The number of carbonyl (C=O) groups is 2. The summed E-state index contributed by atoms with van der Waals surface area (Å²) in [5.74, 6) is -2.13. The van der Waals surface area contributed by atoms with Crippen LogP contribution < -0.4 is 16.6 Å². The van der Waals surface area contributed by atoms with Gasteiger partial charge in [-0.3, -0.25) is 25.0 Å². The number of hydrogen-bond acceptors (Lipinski definition) is 6. The molecule has 11 heteroatoms. The number of oxazole rings is 1. The maximum Gasteiger partial charge on any atom is 0.420 e. The van der Waals surface area contributed by atoms with Crippen LogP contribution >= 0.6 is 0 Å². The number of benzene rings is 2. The van der Waals surface area contributed by atoms with Crippen molar-refractivity contribution in [2.24, 2.45) is 0 Å². The lowest BCUT2D eigenvalue weighted by molar-refractivity contribution is -0.129. The summed E-state index contributed by atoms with van der Waals surface area (Å²) >= 11 is 0. The zero-order valence-corrected chi connectivity index (χ0v) is 17.1. The van der Waals surface area contributed by atoms with E-state index in [2.05, 4.69) is 10.9 Å². The predicted molar refractivity (Wildman–Crippen MR) is 108 cm³/mol. The standard InChI is InChI=1S/C19H20N4O6S/c1-13-7-9-14(10-8-13)30(27,28)22(2)11-17(24)20-21-18(25)12-23-15-5-3-4-6-16(15)29-19(23)26/h3-10H,11-12H2,1-2H3,(H,20,24)(H,21,25). The molecule has 3 aromatic rings. The molecule has 158 valence electrons. The zero-order chi connectivity index (χ0) is 21.9. The van der Waals surface area contributed by atoms with Crippen molar-refractivity contribution >= 4 is 32.9 Å². The second-order valence-electron chi connectivity index (χ2n) is 6.59. The van der Waals surface area contributed by atoms with E-state index in [0.29, 0.717) is 11.1 Å². The van der Waals surface area contributed by atoms with Gasteiger partial charge < -0.3 is 4.42 Å². The number of likely N-dealkylation sites (N-methyl/N-ethyl adjacent to an activating group) is 1. The summed E-state index contributed by atoms with van der Waals surface area (Å²) in [6.45, 7) is 0.940. The first-order chi connectivity index (χ1) is 14.2. The Bertz CT molecular complexity index is 1240. The molecular weight excluding hydrogens is 412 g/mol. The summed E-state index contributed by atoms with van der Waals surface area (Å²) in [6.07, 6.45) is 0. The van der Waals surface area contributed by atoms with Gasteiger partial charge in [0.05, 0.1) is 17.0 Å². The van der Waals surface area contributed by atoms with Crippen LogP contribution in [-0.4, -0.2) is 42.7 Å². The number of nitrogens with one attached hydrogen (secondary N) is 2. The third-order valence-electron chi connectivity index (χ3n) is 4.31. The molecule has 3 rings (SSSR count). The fourth-order valence-corrected chi connectivity index (χ4v) is 3.83. The Hall–Kier alpha value is -3.44. The third kappa shape index (κ3) is 4.58. The molecule has 0 aliphatic rings. The van der Waals surface area contributed by atoms with E-state index in [1.165, 1.54) is 19.2 Å². The average molecular weight is 432 g/mol. The van der Waals surface area contributed by atoms with Crippen molar-refractivity contribution in [3.05, 3.63) is 64.6 Å². The number of hydrogen-bond donors (Lipinski definition) is 2. The van der Waals surface area contributed by atoms with Gasteiger partial charge in [-0.2, -0.15) is 4.31 Å². The number of fused-ring (bicyclic) bond motifs is 1. The Morgan fingerprint density at radius 2 is 1.67 bits per heavy atom. The van der Waals surface area contributed by atoms with E-state index >= 15 is 0 Å². The highest BCUT2D eigenvalue weighted by Crippen LogP contribution is 2.14. The largest absolute Gasteiger partial charge is 0.420 e. The lowest BCUT2D eigenvalue weighted by Crippen LogP contribution is -2.48. The average Bonchev–Trinajstić information content (AvgIpc) is 3.02. The Morgan fingerprint density at radius 3 is 2.37 bits per heavy atom. The van der Waals surface area contributed by atoms with E-state index in [0.717, 1.165) is 14.4 Å². The molecule has 2 N–H and O–H groups in total. The number of amides is 2. The molecule has 2 amide bonds. The molecule has 0 saturated carbocycles. The number of hydrazine groups is 1. The van der Waals surface area contributed by atoms with E-state index in [4.69, 9.17) is 4.42 Å². The summed E-state index contributed by atoms with van der Waals surface area (Å²) < 4.78 is 32.0. The van der Waals surface area contributed by atoms with E-state index in [1.54, 1.807) is 36.4 Å². The SMILES string of the molecule is Cc1ccc(S(=O)(=O)N(C)CC(=O)NNC(=O)Cn2c(=O)oc3ccccc32)cc1. The second kappa shape index (κ2) is 8.51. The lowest BCUT2D eigenvalue weighted by Gasteiger charge is -2.17. The summed E-state index contributed by atoms with van der Waals surface area (Å²) in [5, 5.41) is 0. The van der Waals surface area contributed by atoms with Gasteiger partial charge in [-0.15, -0.1) is 0 Å². The first-order valence-corrected chi connectivity index (χ1v) is 10.3. The van der Waals surface area contributed by atoms with Crippen molar-refractivity contribution < 1.29 is 22.4 Å². The van der Waals surface area contributed by atoms with Crippen LogP contribution in [0.15, 0.2) is 62.6 Å². The maximum atomic E-state index is 12.5. The van der Waals surface area contributed by atoms with Crippen LogP contribution in [0.1, 0.15) is 5.56 Å². The minimum Gasteiger partial charge on any atom is -0.408 e. The first kappa shape index (κ1) is 21.3. The highest BCUT2D eigenvalue weighted by molar-refractivity contribution is 7.89. The van der Waals surface area contributed by atoms with Crippen molar-refractivity contribution in [3.8, 4) is 0 Å². The molecule has 10 nitrogen and oxygen atoms in total. The molecule has 1 heterocycles. The molecule has 0 unspecified atom stereocenters. The van der Waals surface area contributed by atoms with Gasteiger partial charge in [0.15, 0.2) is 5.58 Å². The fourth-order valence-electron chi connectivity index (χ4n) is 2.70. The molecule has 30 heavy (non-hydrogen) atoms. The van der Waals surface area contributed by atoms with Gasteiger partial charge in [0.25, 0.3) is 11.8 Å². The van der Waals surface area contributed by atoms with Gasteiger partial charge in [0, 0.05) is 7.05 Å². The van der Waals surface area contributed by atoms with Gasteiger partial charge in [0.2, 0.25) is 10.0 Å². The summed E-state index contributed by atoms with van der Waals surface area (Å²) in [6, 6.07) is 12.8. The Balaban J connectivity index is 1.57. The van der Waals surface area contributed by atoms with Gasteiger partial charge in [-0.25, -0.2) is 13.2 Å². The molecule has 0 fully saturated rings. The van der Waals surface area contributed by atoms with E-state index in [-0.39, 0.29) is 11.4 Å². The van der Waals surface area contributed by atoms with E-state index in [9.17, 15) is 22.8 Å². The van der Waals surface area contributed by atoms with Crippen molar-refractivity contribution in [1.82, 2.24) is 19.7 Å². The van der Waals surface area contributed by atoms with Crippen molar-refractivity contribution in [2.45, 2.75) is 18.4 Å². The molecule has 0 aliphatic heterocycles. The molecule has 0 atom stereocenters. The Labute approximate surface area is 172 Å². The van der Waals surface area contributed by atoms with Crippen LogP contribution in [-0.2, 0) is 26.2 Å². The first-order valence-electron chi connectivity index (χ1n) is 8.87. The third-order valence-corrected chi connectivity index (χ3v) is 6.13. The molecule has 2 aromatic carbocycles. The van der Waals surface area contributed by atoms with Crippen molar-refractivity contribution in [3.63, 3.8) is 0 Å². The van der Waals surface area contributed by atoms with Crippen molar-refractivity contribution in [2.75, 3.05) is 13.6 Å². The summed E-state index contributed by atoms with van der Waals surface area (Å²) in [5.41, 5.74) is 5.97. The topological polar surface area (TPSA) is 131 Å². The van der Waals surface area contributed by atoms with Crippen LogP contribution in [0.5, 0.6) is 0 Å². The Morgan fingerprint density at radius 1 is 1.03 bits per heavy atom. The quantitative estimate of drug-likeness (QED) is 0.541.